The van der Waals surface area contributed by atoms with Gasteiger partial charge in [0.2, 0.25) is 0 Å². The molecule has 3 aromatic rings. The molecule has 9 heteroatoms. The molecule has 4 rings (SSSR count). The summed E-state index contributed by atoms with van der Waals surface area (Å²) < 4.78 is 6.81. The summed E-state index contributed by atoms with van der Waals surface area (Å²) in [5.41, 5.74) is 7.46. The average Bonchev–Trinajstić information content (AvgIpc) is 2.89. The molecule has 9 nitrogen and oxygen atoms in total. The zero-order valence-electron chi connectivity index (χ0n) is 15.0. The van der Waals surface area contributed by atoms with E-state index >= 15 is 0 Å². The lowest BCUT2D eigenvalue weighted by atomic mass is 10.1. The smallest absolute Gasteiger partial charge is 0.322 e. The minimum atomic E-state index is -0.631. The largest absolute Gasteiger partial charge is 0.424 e. The third kappa shape index (κ3) is 2.88. The summed E-state index contributed by atoms with van der Waals surface area (Å²) in [6, 6.07) is 9.61. The summed E-state index contributed by atoms with van der Waals surface area (Å²) in [6.45, 7) is 3.68. The summed E-state index contributed by atoms with van der Waals surface area (Å²) in [5.74, 6) is -0.891. The fourth-order valence-corrected chi connectivity index (χ4v) is 3.05. The first-order valence-electron chi connectivity index (χ1n) is 8.35. The Hall–Kier alpha value is -4.01. The van der Waals surface area contributed by atoms with Crippen LogP contribution in [0.15, 0.2) is 41.2 Å². The molecule has 0 saturated heterocycles. The molecular formula is C19H15N5O4. The number of fused-ring (bicyclic) bond motifs is 1. The zero-order valence-corrected chi connectivity index (χ0v) is 15.0. The van der Waals surface area contributed by atoms with E-state index in [1.54, 1.807) is 24.3 Å². The molecule has 0 aliphatic carbocycles. The number of nitrogens with two attached hydrogens (primary N) is 1. The number of nitrogens with one attached hydrogen (secondary N) is 1. The van der Waals surface area contributed by atoms with Crippen molar-refractivity contribution in [1.29, 1.82) is 0 Å². The molecule has 1 aliphatic rings. The maximum atomic E-state index is 12.4. The highest BCUT2D eigenvalue weighted by atomic mass is 16.5. The van der Waals surface area contributed by atoms with Gasteiger partial charge < -0.3 is 10.5 Å². The number of aromatic nitrogens is 3. The van der Waals surface area contributed by atoms with Crippen molar-refractivity contribution in [3.8, 4) is 17.4 Å². The van der Waals surface area contributed by atoms with Crippen LogP contribution in [-0.4, -0.2) is 26.3 Å². The number of benzene rings is 1. The van der Waals surface area contributed by atoms with Crippen molar-refractivity contribution in [2.75, 3.05) is 5.73 Å². The number of nitrogens with zero attached hydrogens (tertiary/aromatic N) is 3. The number of ether oxygens (including phenoxy) is 1. The highest BCUT2D eigenvalue weighted by Crippen LogP contribution is 2.25. The van der Waals surface area contributed by atoms with Gasteiger partial charge in [0, 0.05) is 17.5 Å². The molecule has 3 N–H and O–H groups in total. The van der Waals surface area contributed by atoms with E-state index in [0.717, 1.165) is 22.0 Å². The zero-order chi connectivity index (χ0) is 20.0. The van der Waals surface area contributed by atoms with Crippen molar-refractivity contribution in [3.05, 3.63) is 69.3 Å². The Kier molecular flexibility index (Phi) is 3.92. The van der Waals surface area contributed by atoms with Crippen molar-refractivity contribution in [2.45, 2.75) is 13.8 Å². The molecule has 0 bridgehead atoms. The number of amides is 2. The number of rotatable bonds is 3. The van der Waals surface area contributed by atoms with Crippen molar-refractivity contribution in [3.63, 3.8) is 0 Å². The summed E-state index contributed by atoms with van der Waals surface area (Å²) in [7, 11) is 0. The molecule has 28 heavy (non-hydrogen) atoms. The van der Waals surface area contributed by atoms with E-state index < -0.39 is 17.4 Å². The first kappa shape index (κ1) is 17.4. The first-order chi connectivity index (χ1) is 13.3. The Morgan fingerprint density at radius 2 is 1.61 bits per heavy atom. The van der Waals surface area contributed by atoms with Gasteiger partial charge in [-0.25, -0.2) is 9.97 Å². The highest BCUT2D eigenvalue weighted by molar-refractivity contribution is 6.23. The Morgan fingerprint density at radius 1 is 0.964 bits per heavy atom. The molecule has 0 radical (unpaired) electrons. The number of pyridine rings is 1. The molecule has 0 atom stereocenters. The second-order valence-corrected chi connectivity index (χ2v) is 6.30. The number of carbonyl (C=O) groups excluding carboxylic acids is 2. The van der Waals surface area contributed by atoms with Crippen LogP contribution in [0.2, 0.25) is 0 Å². The summed E-state index contributed by atoms with van der Waals surface area (Å²) in [5, 5.41) is 2.13. The SMILES string of the molecule is Cc1cc(C)nc(Oc2ccc(-n3c(N)c4c(cc3=O)C(=O)NC4=O)cc2)n1. The lowest BCUT2D eigenvalue weighted by Crippen LogP contribution is -2.24. The van der Waals surface area contributed by atoms with Gasteiger partial charge in [-0.3, -0.25) is 24.3 Å². The standard InChI is InChI=1S/C19H15N5O4/c1-9-7-10(2)22-19(21-9)28-12-5-3-11(4-6-12)24-14(25)8-13-15(16(24)20)18(27)23-17(13)26/h3-8H,20H2,1-2H3,(H,23,26,27). The molecule has 2 aromatic heterocycles. The molecule has 2 amide bonds. The predicted molar refractivity (Wildman–Crippen MR) is 99.8 cm³/mol. The van der Waals surface area contributed by atoms with Crippen LogP contribution in [0.5, 0.6) is 11.8 Å². The van der Waals surface area contributed by atoms with Crippen LogP contribution in [0.4, 0.5) is 5.82 Å². The van der Waals surface area contributed by atoms with E-state index in [9.17, 15) is 14.4 Å². The van der Waals surface area contributed by atoms with E-state index in [4.69, 9.17) is 10.5 Å². The quantitative estimate of drug-likeness (QED) is 0.662. The summed E-state index contributed by atoms with van der Waals surface area (Å²) in [6.07, 6.45) is 0. The molecule has 0 spiro atoms. The van der Waals surface area contributed by atoms with Gasteiger partial charge in [-0.1, -0.05) is 0 Å². The number of imide groups is 1. The van der Waals surface area contributed by atoms with E-state index in [2.05, 4.69) is 15.3 Å². The predicted octanol–water partition coefficient (Wildman–Crippen LogP) is 1.50. The fourth-order valence-electron chi connectivity index (χ4n) is 3.05. The van der Waals surface area contributed by atoms with Gasteiger partial charge in [0.25, 0.3) is 17.4 Å². The van der Waals surface area contributed by atoms with Gasteiger partial charge in [0.05, 0.1) is 16.8 Å². The lowest BCUT2D eigenvalue weighted by molar-refractivity contribution is 0.0880. The minimum absolute atomic E-state index is 0.00596. The number of anilines is 1. The van der Waals surface area contributed by atoms with Gasteiger partial charge in [-0.15, -0.1) is 0 Å². The molecule has 0 fully saturated rings. The Bertz CT molecular complexity index is 1180. The van der Waals surface area contributed by atoms with Crippen LogP contribution in [-0.2, 0) is 0 Å². The van der Waals surface area contributed by atoms with Crippen LogP contribution < -0.4 is 21.3 Å². The number of carbonyl (C=O) groups is 2. The van der Waals surface area contributed by atoms with Gasteiger partial charge in [-0.05, 0) is 44.2 Å². The average molecular weight is 377 g/mol. The Morgan fingerprint density at radius 3 is 2.25 bits per heavy atom. The maximum Gasteiger partial charge on any atom is 0.322 e. The van der Waals surface area contributed by atoms with E-state index in [0.29, 0.717) is 11.4 Å². The Balaban J connectivity index is 1.70. The van der Waals surface area contributed by atoms with Crippen LogP contribution in [0.25, 0.3) is 5.69 Å². The van der Waals surface area contributed by atoms with E-state index in [1.807, 2.05) is 19.9 Å². The normalized spacial score (nSPS) is 12.6. The van der Waals surface area contributed by atoms with Gasteiger partial charge in [0.15, 0.2) is 0 Å². The van der Waals surface area contributed by atoms with Crippen molar-refractivity contribution in [1.82, 2.24) is 19.9 Å². The maximum absolute atomic E-state index is 12.4. The van der Waals surface area contributed by atoms with Crippen molar-refractivity contribution >= 4 is 17.6 Å². The molecule has 0 saturated carbocycles. The monoisotopic (exact) mass is 377 g/mol. The second kappa shape index (κ2) is 6.31. The van der Waals surface area contributed by atoms with E-state index in [-0.39, 0.29) is 23.0 Å². The summed E-state index contributed by atoms with van der Waals surface area (Å²) >= 11 is 0. The lowest BCUT2D eigenvalue weighted by Gasteiger charge is -2.12. The van der Waals surface area contributed by atoms with Crippen LogP contribution in [0.1, 0.15) is 32.1 Å². The van der Waals surface area contributed by atoms with Crippen molar-refractivity contribution < 1.29 is 14.3 Å². The second-order valence-electron chi connectivity index (χ2n) is 6.30. The van der Waals surface area contributed by atoms with Crippen LogP contribution in [0.3, 0.4) is 0 Å². The molecule has 0 unspecified atom stereocenters. The topological polar surface area (TPSA) is 129 Å². The number of hydrogen-bond donors (Lipinski definition) is 2. The molecular weight excluding hydrogens is 362 g/mol. The molecule has 1 aromatic carbocycles. The molecule has 3 heterocycles. The number of nitrogen functional groups attached to an aromatic ring is 1. The molecule has 140 valence electrons. The first-order valence-corrected chi connectivity index (χ1v) is 8.35. The third-order valence-electron chi connectivity index (χ3n) is 4.22. The van der Waals surface area contributed by atoms with Crippen molar-refractivity contribution in [2.24, 2.45) is 0 Å². The third-order valence-corrected chi connectivity index (χ3v) is 4.22. The van der Waals surface area contributed by atoms with Gasteiger partial charge >= 0.3 is 6.01 Å². The van der Waals surface area contributed by atoms with Gasteiger partial charge in [0.1, 0.15) is 11.6 Å². The highest BCUT2D eigenvalue weighted by Gasteiger charge is 2.31. The summed E-state index contributed by atoms with van der Waals surface area (Å²) in [4.78, 5) is 44.5. The van der Waals surface area contributed by atoms with Crippen LogP contribution in [0, 0.1) is 13.8 Å². The van der Waals surface area contributed by atoms with Gasteiger partial charge in [-0.2, -0.15) is 0 Å². The van der Waals surface area contributed by atoms with Crippen LogP contribution >= 0.6 is 0 Å². The van der Waals surface area contributed by atoms with E-state index in [1.165, 1.54) is 0 Å². The minimum Gasteiger partial charge on any atom is -0.424 e. The number of hydrogen-bond acceptors (Lipinski definition) is 7. The number of aryl methyl sites for hydroxylation is 2. The fraction of sp³-hybridized carbons (Fsp3) is 0.105. The Labute approximate surface area is 158 Å². The molecule has 1 aliphatic heterocycles.